The summed E-state index contributed by atoms with van der Waals surface area (Å²) < 4.78 is 11.5. The zero-order valence-corrected chi connectivity index (χ0v) is 18.0. The van der Waals surface area contributed by atoms with E-state index in [1.54, 1.807) is 7.11 Å². The summed E-state index contributed by atoms with van der Waals surface area (Å²) in [4.78, 5) is 4.84. The van der Waals surface area contributed by atoms with Gasteiger partial charge in [0.1, 0.15) is 22.1 Å². The van der Waals surface area contributed by atoms with Gasteiger partial charge in [0.25, 0.3) is 0 Å². The number of benzene rings is 2. The lowest BCUT2D eigenvalue weighted by atomic mass is 10.0. The fourth-order valence-electron chi connectivity index (χ4n) is 3.28. The summed E-state index contributed by atoms with van der Waals surface area (Å²) in [7, 11) is 1.66. The first-order valence-electron chi connectivity index (χ1n) is 9.52. The maximum atomic E-state index is 6.27. The molecule has 0 saturated heterocycles. The number of hydrogen-bond acceptors (Lipinski definition) is 6. The highest BCUT2D eigenvalue weighted by molar-refractivity contribution is 7.15. The molecule has 0 fully saturated rings. The average molecular weight is 406 g/mol. The molecule has 5 nitrogen and oxygen atoms in total. The van der Waals surface area contributed by atoms with E-state index in [2.05, 4.69) is 44.0 Å². The number of methoxy groups -OCH3 is 1. The van der Waals surface area contributed by atoms with Crippen molar-refractivity contribution in [2.45, 2.75) is 33.6 Å². The van der Waals surface area contributed by atoms with E-state index >= 15 is 0 Å². The Morgan fingerprint density at radius 2 is 1.79 bits per heavy atom. The SMILES string of the molecule is COc1ccc(-c2cc(=Nc3nnc(C(C)C)s3)c3c(C)cc(C)cc3o2)cc1. The van der Waals surface area contributed by atoms with Crippen LogP contribution in [0.15, 0.2) is 51.9 Å². The van der Waals surface area contributed by atoms with Crippen LogP contribution in [0.3, 0.4) is 0 Å². The fraction of sp³-hybridized carbons (Fsp3) is 0.261. The molecule has 4 rings (SSSR count). The quantitative estimate of drug-likeness (QED) is 0.422. The van der Waals surface area contributed by atoms with Gasteiger partial charge in [0.2, 0.25) is 5.13 Å². The average Bonchev–Trinajstić information content (AvgIpc) is 3.16. The maximum Gasteiger partial charge on any atom is 0.232 e. The predicted octanol–water partition coefficient (Wildman–Crippen LogP) is 5.93. The molecule has 4 aromatic rings. The van der Waals surface area contributed by atoms with E-state index < -0.39 is 0 Å². The van der Waals surface area contributed by atoms with Crippen LogP contribution in [0.4, 0.5) is 5.13 Å². The topological polar surface area (TPSA) is 60.5 Å². The second-order valence-electron chi connectivity index (χ2n) is 7.37. The summed E-state index contributed by atoms with van der Waals surface area (Å²) in [5.74, 6) is 1.89. The third kappa shape index (κ3) is 3.93. The van der Waals surface area contributed by atoms with Gasteiger partial charge in [-0.25, -0.2) is 4.99 Å². The van der Waals surface area contributed by atoms with Gasteiger partial charge >= 0.3 is 0 Å². The number of hydrogen-bond donors (Lipinski definition) is 0. The van der Waals surface area contributed by atoms with Crippen LogP contribution in [0.5, 0.6) is 5.75 Å². The highest BCUT2D eigenvalue weighted by atomic mass is 32.1. The zero-order valence-electron chi connectivity index (χ0n) is 17.2. The lowest BCUT2D eigenvalue weighted by molar-refractivity contribution is 0.415. The molecule has 0 amide bonds. The Kier molecular flexibility index (Phi) is 5.20. The van der Waals surface area contributed by atoms with E-state index in [9.17, 15) is 0 Å². The van der Waals surface area contributed by atoms with Crippen LogP contribution in [-0.4, -0.2) is 17.3 Å². The Labute approximate surface area is 173 Å². The largest absolute Gasteiger partial charge is 0.497 e. The van der Waals surface area contributed by atoms with Gasteiger partial charge in [0, 0.05) is 22.9 Å². The third-order valence-corrected chi connectivity index (χ3v) is 5.82. The summed E-state index contributed by atoms with van der Waals surface area (Å²) in [6.45, 7) is 8.36. The summed E-state index contributed by atoms with van der Waals surface area (Å²) in [6.07, 6.45) is 0. The molecule has 0 saturated carbocycles. The van der Waals surface area contributed by atoms with Gasteiger partial charge in [0.15, 0.2) is 0 Å². The third-order valence-electron chi connectivity index (χ3n) is 4.70. The van der Waals surface area contributed by atoms with E-state index in [0.717, 1.165) is 49.5 Å². The molecule has 2 aromatic heterocycles. The minimum atomic E-state index is 0.332. The maximum absolute atomic E-state index is 6.27. The minimum Gasteiger partial charge on any atom is -0.497 e. The summed E-state index contributed by atoms with van der Waals surface area (Å²) in [5, 5.41) is 12.0. The lowest BCUT2D eigenvalue weighted by Crippen LogP contribution is -2.05. The van der Waals surface area contributed by atoms with E-state index in [0.29, 0.717) is 11.0 Å². The van der Waals surface area contributed by atoms with Crippen LogP contribution < -0.4 is 10.1 Å². The molecule has 0 aliphatic carbocycles. The van der Waals surface area contributed by atoms with Crippen LogP contribution in [0.2, 0.25) is 0 Å². The second kappa shape index (κ2) is 7.79. The van der Waals surface area contributed by atoms with Gasteiger partial charge in [-0.1, -0.05) is 31.3 Å². The number of aryl methyl sites for hydroxylation is 2. The van der Waals surface area contributed by atoms with Crippen molar-refractivity contribution < 1.29 is 9.15 Å². The Morgan fingerprint density at radius 1 is 1.03 bits per heavy atom. The van der Waals surface area contributed by atoms with Gasteiger partial charge in [-0.3, -0.25) is 0 Å². The molecular formula is C23H23N3O2S. The number of aromatic nitrogens is 2. The first-order valence-corrected chi connectivity index (χ1v) is 10.3. The molecule has 2 aromatic carbocycles. The van der Waals surface area contributed by atoms with E-state index in [1.807, 2.05) is 36.4 Å². The molecule has 29 heavy (non-hydrogen) atoms. The lowest BCUT2D eigenvalue weighted by Gasteiger charge is -2.08. The molecule has 0 spiro atoms. The summed E-state index contributed by atoms with van der Waals surface area (Å²) >= 11 is 1.52. The van der Waals surface area contributed by atoms with Crippen molar-refractivity contribution in [1.29, 1.82) is 0 Å². The van der Waals surface area contributed by atoms with Crippen LogP contribution in [0.1, 0.15) is 35.9 Å². The van der Waals surface area contributed by atoms with Crippen LogP contribution in [0.25, 0.3) is 22.3 Å². The minimum absolute atomic E-state index is 0.332. The molecule has 0 radical (unpaired) electrons. The van der Waals surface area contributed by atoms with Crippen LogP contribution in [0, 0.1) is 13.8 Å². The molecular weight excluding hydrogens is 382 g/mol. The second-order valence-corrected chi connectivity index (χ2v) is 8.36. The number of ether oxygens (including phenoxy) is 1. The fourth-order valence-corrected chi connectivity index (χ4v) is 4.01. The van der Waals surface area contributed by atoms with Crippen LogP contribution >= 0.6 is 11.3 Å². The van der Waals surface area contributed by atoms with Gasteiger partial charge in [-0.15, -0.1) is 10.2 Å². The number of rotatable bonds is 4. The highest BCUT2D eigenvalue weighted by Crippen LogP contribution is 2.28. The number of fused-ring (bicyclic) bond motifs is 1. The van der Waals surface area contributed by atoms with Gasteiger partial charge < -0.3 is 9.15 Å². The predicted molar refractivity (Wildman–Crippen MR) is 117 cm³/mol. The van der Waals surface area contributed by atoms with Gasteiger partial charge in [-0.05, 0) is 55.3 Å². The van der Waals surface area contributed by atoms with E-state index in [4.69, 9.17) is 14.1 Å². The highest BCUT2D eigenvalue weighted by Gasteiger charge is 2.11. The van der Waals surface area contributed by atoms with Gasteiger partial charge in [-0.2, -0.15) is 0 Å². The standard InChI is InChI=1S/C23H23N3O2S/c1-13(2)22-25-26-23(29-22)24-18-12-19(16-6-8-17(27-5)9-7-16)28-20-11-14(3)10-15(4)21(18)20/h6-13H,1-5H3. The van der Waals surface area contributed by atoms with E-state index in [1.165, 1.54) is 11.3 Å². The number of nitrogens with zero attached hydrogens (tertiary/aromatic N) is 3. The normalized spacial score (nSPS) is 12.1. The Morgan fingerprint density at radius 3 is 2.45 bits per heavy atom. The van der Waals surface area contributed by atoms with Crippen molar-refractivity contribution in [1.82, 2.24) is 10.2 Å². The molecule has 0 N–H and O–H groups in total. The van der Waals surface area contributed by atoms with Crippen molar-refractivity contribution >= 4 is 27.4 Å². The first-order chi connectivity index (χ1) is 13.9. The van der Waals surface area contributed by atoms with E-state index in [-0.39, 0.29) is 0 Å². The molecule has 2 heterocycles. The summed E-state index contributed by atoms with van der Waals surface area (Å²) in [6, 6.07) is 14.0. The Hall–Kier alpha value is -2.99. The van der Waals surface area contributed by atoms with Crippen molar-refractivity contribution in [3.05, 3.63) is 64.0 Å². The Balaban J connectivity index is 1.96. The zero-order chi connectivity index (χ0) is 20.5. The van der Waals surface area contributed by atoms with Crippen molar-refractivity contribution in [3.63, 3.8) is 0 Å². The molecule has 0 atom stereocenters. The van der Waals surface area contributed by atoms with Crippen molar-refractivity contribution in [3.8, 4) is 17.1 Å². The smallest absolute Gasteiger partial charge is 0.232 e. The Bertz CT molecular complexity index is 1240. The van der Waals surface area contributed by atoms with Crippen molar-refractivity contribution in [2.75, 3.05) is 7.11 Å². The van der Waals surface area contributed by atoms with Gasteiger partial charge in [0.05, 0.1) is 12.5 Å². The molecule has 6 heteroatoms. The molecule has 0 aliphatic heterocycles. The molecule has 0 unspecified atom stereocenters. The monoisotopic (exact) mass is 405 g/mol. The molecule has 0 bridgehead atoms. The van der Waals surface area contributed by atoms with Crippen molar-refractivity contribution in [2.24, 2.45) is 4.99 Å². The van der Waals surface area contributed by atoms with Crippen LogP contribution in [-0.2, 0) is 0 Å². The summed E-state index contributed by atoms with van der Waals surface area (Å²) in [5.41, 5.74) is 4.04. The molecule has 0 aliphatic rings. The first kappa shape index (κ1) is 19.3. The molecule has 148 valence electrons.